The molecule has 0 aromatic carbocycles. The predicted octanol–water partition coefficient (Wildman–Crippen LogP) is 0.652. The van der Waals surface area contributed by atoms with Gasteiger partial charge in [-0.3, -0.25) is 4.79 Å². The number of aliphatic carboxylic acids is 1. The zero-order valence-corrected chi connectivity index (χ0v) is 5.10. The van der Waals surface area contributed by atoms with Crippen LogP contribution in [0.25, 0.3) is 0 Å². The minimum atomic E-state index is -1.07. The lowest BCUT2D eigenvalue weighted by Gasteiger charge is -1.86. The van der Waals surface area contributed by atoms with E-state index >= 15 is 0 Å². The number of nitrogens with zero attached hydrogens (tertiary/aromatic N) is 1. The molecule has 8 heavy (non-hydrogen) atoms. The van der Waals surface area contributed by atoms with Crippen molar-refractivity contribution >= 4 is 18.4 Å². The Bertz CT molecular complexity index is 118. The summed E-state index contributed by atoms with van der Waals surface area (Å²) in [5.74, 6) is -1.94. The summed E-state index contributed by atoms with van der Waals surface area (Å²) in [4.78, 5) is 9.71. The van der Waals surface area contributed by atoms with Crippen molar-refractivity contribution < 1.29 is 9.90 Å². The first-order chi connectivity index (χ1) is 3.18. The Morgan fingerprint density at radius 2 is 2.25 bits per heavy atom. The number of nitriles is 1. The van der Waals surface area contributed by atoms with Crippen LogP contribution in [-0.4, -0.2) is 11.1 Å². The van der Waals surface area contributed by atoms with Gasteiger partial charge in [0.2, 0.25) is 0 Å². The Balaban J connectivity index is 0. The SMILES string of the molecule is CC(C#N)C(=O)O.Cl. The van der Waals surface area contributed by atoms with Crippen molar-refractivity contribution in [3.63, 3.8) is 0 Å². The van der Waals surface area contributed by atoms with Crippen LogP contribution in [0, 0.1) is 17.2 Å². The van der Waals surface area contributed by atoms with Crippen molar-refractivity contribution in [3.05, 3.63) is 0 Å². The van der Waals surface area contributed by atoms with E-state index < -0.39 is 11.9 Å². The van der Waals surface area contributed by atoms with Crippen LogP contribution in [0.5, 0.6) is 0 Å². The maximum atomic E-state index is 9.71. The first kappa shape index (κ1) is 10.3. The minimum Gasteiger partial charge on any atom is -0.480 e. The Morgan fingerprint density at radius 1 is 1.88 bits per heavy atom. The van der Waals surface area contributed by atoms with Gasteiger partial charge in [-0.05, 0) is 6.92 Å². The molecule has 46 valence electrons. The molecule has 1 atom stereocenters. The average molecular weight is 136 g/mol. The topological polar surface area (TPSA) is 61.1 Å². The normalized spacial score (nSPS) is 10.5. The quantitative estimate of drug-likeness (QED) is 0.574. The number of rotatable bonds is 1. The van der Waals surface area contributed by atoms with E-state index in [0.717, 1.165) is 0 Å². The molecular weight excluding hydrogens is 130 g/mol. The maximum absolute atomic E-state index is 9.71. The molecule has 0 bridgehead atoms. The molecule has 4 heteroatoms. The van der Waals surface area contributed by atoms with Gasteiger partial charge >= 0.3 is 5.97 Å². The molecule has 0 spiro atoms. The molecular formula is C4H6ClNO2. The lowest BCUT2D eigenvalue weighted by atomic mass is 10.2. The third-order valence-corrected chi connectivity index (χ3v) is 0.564. The predicted molar refractivity (Wildman–Crippen MR) is 29.7 cm³/mol. The standard InChI is InChI=1S/C4H5NO2.ClH/c1-3(2-5)4(6)7;/h3H,1H3,(H,6,7);1H. The highest BCUT2D eigenvalue weighted by molar-refractivity contribution is 5.85. The number of carbonyl (C=O) groups is 1. The minimum absolute atomic E-state index is 0. The van der Waals surface area contributed by atoms with Gasteiger partial charge < -0.3 is 5.11 Å². The Labute approximate surface area is 53.3 Å². The second-order valence-electron chi connectivity index (χ2n) is 1.19. The molecule has 0 rings (SSSR count). The van der Waals surface area contributed by atoms with Crippen LogP contribution in [0.15, 0.2) is 0 Å². The van der Waals surface area contributed by atoms with E-state index in [4.69, 9.17) is 10.4 Å². The van der Waals surface area contributed by atoms with E-state index in [0.29, 0.717) is 0 Å². The Hall–Kier alpha value is -0.750. The lowest BCUT2D eigenvalue weighted by molar-refractivity contribution is -0.139. The third kappa shape index (κ3) is 3.44. The summed E-state index contributed by atoms with van der Waals surface area (Å²) < 4.78 is 0. The largest absolute Gasteiger partial charge is 0.480 e. The maximum Gasteiger partial charge on any atom is 0.320 e. The van der Waals surface area contributed by atoms with E-state index in [9.17, 15) is 4.79 Å². The summed E-state index contributed by atoms with van der Waals surface area (Å²) in [6.07, 6.45) is 0. The van der Waals surface area contributed by atoms with Gasteiger partial charge in [0.05, 0.1) is 6.07 Å². The van der Waals surface area contributed by atoms with Crippen molar-refractivity contribution in [2.24, 2.45) is 5.92 Å². The average Bonchev–Trinajstić information content (AvgIpc) is 1.65. The first-order valence-corrected chi connectivity index (χ1v) is 1.81. The van der Waals surface area contributed by atoms with E-state index in [1.54, 1.807) is 6.07 Å². The second kappa shape index (κ2) is 4.41. The van der Waals surface area contributed by atoms with Gasteiger partial charge in [-0.2, -0.15) is 5.26 Å². The monoisotopic (exact) mass is 135 g/mol. The van der Waals surface area contributed by atoms with Crippen LogP contribution in [0.2, 0.25) is 0 Å². The lowest BCUT2D eigenvalue weighted by Crippen LogP contribution is -2.05. The second-order valence-corrected chi connectivity index (χ2v) is 1.19. The zero-order chi connectivity index (χ0) is 5.86. The van der Waals surface area contributed by atoms with Gasteiger partial charge in [-0.1, -0.05) is 0 Å². The summed E-state index contributed by atoms with van der Waals surface area (Å²) in [7, 11) is 0. The van der Waals surface area contributed by atoms with Crippen LogP contribution >= 0.6 is 12.4 Å². The fourth-order valence-corrected chi connectivity index (χ4v) is 0.0552. The molecule has 0 aromatic rings. The van der Waals surface area contributed by atoms with Gasteiger partial charge in [0.25, 0.3) is 0 Å². The Morgan fingerprint density at radius 3 is 2.25 bits per heavy atom. The zero-order valence-electron chi connectivity index (χ0n) is 4.29. The van der Waals surface area contributed by atoms with Gasteiger partial charge in [0.15, 0.2) is 0 Å². The van der Waals surface area contributed by atoms with Crippen LogP contribution in [0.4, 0.5) is 0 Å². The molecule has 0 amide bonds. The van der Waals surface area contributed by atoms with Gasteiger partial charge in [-0.25, -0.2) is 0 Å². The van der Waals surface area contributed by atoms with Gasteiger partial charge in [0, 0.05) is 0 Å². The highest BCUT2D eigenvalue weighted by Gasteiger charge is 2.06. The fourth-order valence-electron chi connectivity index (χ4n) is 0.0552. The highest BCUT2D eigenvalue weighted by Crippen LogP contribution is 1.87. The van der Waals surface area contributed by atoms with Crippen molar-refractivity contribution in [3.8, 4) is 6.07 Å². The van der Waals surface area contributed by atoms with Crippen molar-refractivity contribution in [2.45, 2.75) is 6.92 Å². The van der Waals surface area contributed by atoms with Crippen molar-refractivity contribution in [2.75, 3.05) is 0 Å². The highest BCUT2D eigenvalue weighted by atomic mass is 35.5. The smallest absolute Gasteiger partial charge is 0.320 e. The molecule has 0 radical (unpaired) electrons. The number of carboxylic acids is 1. The molecule has 0 saturated carbocycles. The number of hydrogen-bond acceptors (Lipinski definition) is 2. The molecule has 1 unspecified atom stereocenters. The molecule has 0 aliphatic rings. The molecule has 3 nitrogen and oxygen atoms in total. The summed E-state index contributed by atoms with van der Waals surface area (Å²) >= 11 is 0. The van der Waals surface area contributed by atoms with E-state index in [2.05, 4.69) is 0 Å². The van der Waals surface area contributed by atoms with Crippen molar-refractivity contribution in [1.29, 1.82) is 5.26 Å². The van der Waals surface area contributed by atoms with Crippen LogP contribution < -0.4 is 0 Å². The summed E-state index contributed by atoms with van der Waals surface area (Å²) in [6, 6.07) is 1.56. The molecule has 0 aliphatic carbocycles. The summed E-state index contributed by atoms with van der Waals surface area (Å²) in [5, 5.41) is 15.8. The number of carboxylic acid groups (broad SMARTS) is 1. The molecule has 0 aliphatic heterocycles. The molecule has 1 N–H and O–H groups in total. The number of hydrogen-bond donors (Lipinski definition) is 1. The van der Waals surface area contributed by atoms with E-state index in [-0.39, 0.29) is 12.4 Å². The molecule has 0 aromatic heterocycles. The van der Waals surface area contributed by atoms with Crippen molar-refractivity contribution in [1.82, 2.24) is 0 Å². The third-order valence-electron chi connectivity index (χ3n) is 0.564. The van der Waals surface area contributed by atoms with Crippen LogP contribution in [0.1, 0.15) is 6.92 Å². The fraction of sp³-hybridized carbons (Fsp3) is 0.500. The van der Waals surface area contributed by atoms with Gasteiger partial charge in [0.1, 0.15) is 5.92 Å². The summed E-state index contributed by atoms with van der Waals surface area (Å²) in [5.41, 5.74) is 0. The summed E-state index contributed by atoms with van der Waals surface area (Å²) in [6.45, 7) is 1.34. The molecule has 0 fully saturated rings. The number of halogens is 1. The van der Waals surface area contributed by atoms with E-state index in [1.807, 2.05) is 0 Å². The van der Waals surface area contributed by atoms with Crippen LogP contribution in [-0.2, 0) is 4.79 Å². The molecule has 0 heterocycles. The molecule has 0 saturated heterocycles. The van der Waals surface area contributed by atoms with Crippen LogP contribution in [0.3, 0.4) is 0 Å². The Kier molecular flexibility index (Phi) is 5.66. The van der Waals surface area contributed by atoms with E-state index in [1.165, 1.54) is 6.92 Å². The first-order valence-electron chi connectivity index (χ1n) is 1.81. The van der Waals surface area contributed by atoms with Gasteiger partial charge in [-0.15, -0.1) is 12.4 Å².